The molecule has 1 aliphatic heterocycles. The number of benzene rings is 1. The summed E-state index contributed by atoms with van der Waals surface area (Å²) in [5, 5.41) is 19.4. The number of carbonyl (C=O) groups excluding carboxylic acids is 2. The molecule has 0 bridgehead atoms. The molecule has 6 nitrogen and oxygen atoms in total. The number of aryl methyl sites for hydroxylation is 1. The van der Waals surface area contributed by atoms with E-state index >= 15 is 0 Å². The predicted octanol–water partition coefficient (Wildman–Crippen LogP) is 3.79. The van der Waals surface area contributed by atoms with Gasteiger partial charge in [-0.25, -0.2) is 0 Å². The first-order valence-corrected chi connectivity index (χ1v) is 10.1. The maximum atomic E-state index is 12.2. The minimum atomic E-state index is -1.08. The molecule has 0 unspecified atom stereocenters. The Bertz CT molecular complexity index is 751. The number of ketones is 2. The van der Waals surface area contributed by atoms with Crippen LogP contribution in [0, 0.1) is 0 Å². The lowest BCUT2D eigenvalue weighted by molar-refractivity contribution is -0.123. The van der Waals surface area contributed by atoms with Crippen molar-refractivity contribution in [3.05, 3.63) is 35.1 Å². The summed E-state index contributed by atoms with van der Waals surface area (Å²) in [4.78, 5) is 24.0. The molecule has 0 saturated carbocycles. The molecule has 0 spiro atoms. The molecule has 6 heteroatoms. The quantitative estimate of drug-likeness (QED) is 0.468. The first kappa shape index (κ1) is 20.4. The highest BCUT2D eigenvalue weighted by Gasteiger charge is 2.30. The molecule has 2 N–H and O–H groups in total. The van der Waals surface area contributed by atoms with Crippen molar-refractivity contribution in [3.8, 4) is 11.5 Å². The van der Waals surface area contributed by atoms with Gasteiger partial charge in [-0.1, -0.05) is 31.7 Å². The lowest BCUT2D eigenvalue weighted by atomic mass is 9.89. The van der Waals surface area contributed by atoms with Gasteiger partial charge in [0.1, 0.15) is 17.4 Å². The Hall–Kier alpha value is -2.34. The third-order valence-electron chi connectivity index (χ3n) is 5.33. The molecule has 152 valence electrons. The van der Waals surface area contributed by atoms with Crippen molar-refractivity contribution < 1.29 is 29.3 Å². The van der Waals surface area contributed by atoms with E-state index in [0.29, 0.717) is 13.2 Å². The normalized spacial score (nSPS) is 18.6. The van der Waals surface area contributed by atoms with E-state index in [4.69, 9.17) is 9.47 Å². The van der Waals surface area contributed by atoms with Crippen LogP contribution in [0.5, 0.6) is 11.5 Å². The molecular weight excluding hydrogens is 360 g/mol. The summed E-state index contributed by atoms with van der Waals surface area (Å²) in [5.41, 5.74) is 1.07. The number of allylic oxidation sites excluding steroid dienone is 1. The molecular formula is C22H28O6. The van der Waals surface area contributed by atoms with Crippen molar-refractivity contribution in [2.45, 2.75) is 70.3 Å². The lowest BCUT2D eigenvalue weighted by Crippen LogP contribution is -2.27. The van der Waals surface area contributed by atoms with Gasteiger partial charge in [0.25, 0.3) is 0 Å². The van der Waals surface area contributed by atoms with Crippen LogP contribution in [-0.4, -0.2) is 34.7 Å². The number of ether oxygens (including phenoxy) is 2. The van der Waals surface area contributed by atoms with Crippen LogP contribution >= 0.6 is 0 Å². The third-order valence-corrected chi connectivity index (χ3v) is 5.33. The first-order valence-electron chi connectivity index (χ1n) is 10.1. The van der Waals surface area contributed by atoms with Crippen LogP contribution in [0.4, 0.5) is 0 Å². The smallest absolute Gasteiger partial charge is 0.231 e. The average Bonchev–Trinajstić information content (AvgIpc) is 3.15. The van der Waals surface area contributed by atoms with E-state index in [9.17, 15) is 19.8 Å². The van der Waals surface area contributed by atoms with Gasteiger partial charge in [-0.05, 0) is 43.4 Å². The van der Waals surface area contributed by atoms with E-state index in [1.165, 1.54) is 5.56 Å². The molecule has 1 heterocycles. The van der Waals surface area contributed by atoms with Crippen LogP contribution in [0.15, 0.2) is 29.5 Å². The summed E-state index contributed by atoms with van der Waals surface area (Å²) in [6.45, 7) is 0.299. The van der Waals surface area contributed by atoms with E-state index in [0.717, 1.165) is 50.0 Å². The third kappa shape index (κ3) is 5.13. The van der Waals surface area contributed by atoms with Crippen molar-refractivity contribution in [2.24, 2.45) is 0 Å². The molecule has 2 aliphatic rings. The minimum absolute atomic E-state index is 0.121. The SMILES string of the molecule is O=C(CCCCCCCCc1ccc2c(c1)OCO2)C1=C(O)[C@@H](O)CCC1=O. The fourth-order valence-electron chi connectivity index (χ4n) is 3.68. The topological polar surface area (TPSA) is 93.1 Å². The van der Waals surface area contributed by atoms with Crippen molar-refractivity contribution >= 4 is 11.6 Å². The molecule has 1 aromatic rings. The largest absolute Gasteiger partial charge is 0.509 e. The van der Waals surface area contributed by atoms with Crippen molar-refractivity contribution in [3.63, 3.8) is 0 Å². The number of fused-ring (bicyclic) bond motifs is 1. The fraction of sp³-hybridized carbons (Fsp3) is 0.545. The molecule has 0 amide bonds. The predicted molar refractivity (Wildman–Crippen MR) is 103 cm³/mol. The summed E-state index contributed by atoms with van der Waals surface area (Å²) in [6.07, 6.45) is 6.46. The van der Waals surface area contributed by atoms with Crippen molar-refractivity contribution in [1.82, 2.24) is 0 Å². The van der Waals surface area contributed by atoms with Crippen molar-refractivity contribution in [1.29, 1.82) is 0 Å². The van der Waals surface area contributed by atoms with E-state index < -0.39 is 11.9 Å². The number of rotatable bonds is 10. The fourth-order valence-corrected chi connectivity index (χ4v) is 3.68. The number of aliphatic hydroxyl groups is 2. The maximum Gasteiger partial charge on any atom is 0.231 e. The number of aliphatic hydroxyl groups excluding tert-OH is 2. The molecule has 0 radical (unpaired) electrons. The van der Waals surface area contributed by atoms with Crippen LogP contribution in [0.2, 0.25) is 0 Å². The van der Waals surface area contributed by atoms with Crippen LogP contribution < -0.4 is 9.47 Å². The lowest BCUT2D eigenvalue weighted by Gasteiger charge is -2.18. The second-order valence-corrected chi connectivity index (χ2v) is 7.47. The number of unbranched alkanes of at least 4 members (excludes halogenated alkanes) is 5. The van der Waals surface area contributed by atoms with Crippen LogP contribution in [-0.2, 0) is 16.0 Å². The molecule has 0 fully saturated rings. The number of carbonyl (C=O) groups is 2. The van der Waals surface area contributed by atoms with Gasteiger partial charge in [-0.3, -0.25) is 9.59 Å². The molecule has 1 atom stereocenters. The highest BCUT2D eigenvalue weighted by molar-refractivity contribution is 6.21. The zero-order valence-corrected chi connectivity index (χ0v) is 16.1. The number of hydrogen-bond acceptors (Lipinski definition) is 6. The molecule has 0 saturated heterocycles. The van der Waals surface area contributed by atoms with Gasteiger partial charge in [0.2, 0.25) is 6.79 Å². The Morgan fingerprint density at radius 3 is 2.57 bits per heavy atom. The Labute approximate surface area is 165 Å². The monoisotopic (exact) mass is 388 g/mol. The van der Waals surface area contributed by atoms with Gasteiger partial charge in [0, 0.05) is 12.8 Å². The van der Waals surface area contributed by atoms with Crippen molar-refractivity contribution in [2.75, 3.05) is 6.79 Å². The molecule has 1 aromatic carbocycles. The van der Waals surface area contributed by atoms with Gasteiger partial charge in [-0.15, -0.1) is 0 Å². The number of Topliss-reactive ketones (excluding diaryl/α,β-unsaturated/α-hetero) is 2. The summed E-state index contributed by atoms with van der Waals surface area (Å²) in [7, 11) is 0. The Morgan fingerprint density at radius 1 is 1.04 bits per heavy atom. The first-order chi connectivity index (χ1) is 13.6. The van der Waals surface area contributed by atoms with Crippen LogP contribution in [0.3, 0.4) is 0 Å². The molecule has 0 aromatic heterocycles. The minimum Gasteiger partial charge on any atom is -0.509 e. The summed E-state index contributed by atoms with van der Waals surface area (Å²) >= 11 is 0. The van der Waals surface area contributed by atoms with Crippen LogP contribution in [0.1, 0.15) is 63.4 Å². The Kier molecular flexibility index (Phi) is 7.09. The highest BCUT2D eigenvalue weighted by Crippen LogP contribution is 2.33. The number of hydrogen-bond donors (Lipinski definition) is 2. The van der Waals surface area contributed by atoms with Gasteiger partial charge in [0.15, 0.2) is 23.1 Å². The molecule has 28 heavy (non-hydrogen) atoms. The Morgan fingerprint density at radius 2 is 1.75 bits per heavy atom. The Balaban J connectivity index is 1.28. The maximum absolute atomic E-state index is 12.2. The van der Waals surface area contributed by atoms with E-state index in [2.05, 4.69) is 6.07 Å². The zero-order valence-electron chi connectivity index (χ0n) is 16.1. The standard InChI is InChI=1S/C22H28O6/c23-16(21-17(24)10-11-18(25)22(21)26)8-6-4-2-1-3-5-7-15-9-12-19-20(13-15)28-14-27-19/h9,12-13,18,25-26H,1-8,10-11,14H2/t18-/m0/s1. The average molecular weight is 388 g/mol. The van der Waals surface area contributed by atoms with Gasteiger partial charge in [-0.2, -0.15) is 0 Å². The van der Waals surface area contributed by atoms with Gasteiger partial charge in [0.05, 0.1) is 0 Å². The van der Waals surface area contributed by atoms with Gasteiger partial charge >= 0.3 is 0 Å². The summed E-state index contributed by atoms with van der Waals surface area (Å²) < 4.78 is 10.7. The molecule has 3 rings (SSSR count). The van der Waals surface area contributed by atoms with Gasteiger partial charge < -0.3 is 19.7 Å². The van der Waals surface area contributed by atoms with E-state index in [1.807, 2.05) is 12.1 Å². The van der Waals surface area contributed by atoms with E-state index in [1.54, 1.807) is 0 Å². The second kappa shape index (κ2) is 9.73. The highest BCUT2D eigenvalue weighted by atomic mass is 16.7. The zero-order chi connectivity index (χ0) is 19.9. The van der Waals surface area contributed by atoms with E-state index in [-0.39, 0.29) is 36.4 Å². The second-order valence-electron chi connectivity index (χ2n) is 7.47. The summed E-state index contributed by atoms with van der Waals surface area (Å²) in [5.74, 6) is 0.504. The summed E-state index contributed by atoms with van der Waals surface area (Å²) in [6, 6.07) is 6.08. The van der Waals surface area contributed by atoms with Crippen LogP contribution in [0.25, 0.3) is 0 Å². The molecule has 1 aliphatic carbocycles.